The van der Waals surface area contributed by atoms with E-state index in [1.54, 1.807) is 67.6 Å². The van der Waals surface area contributed by atoms with Gasteiger partial charge in [-0.05, 0) is 43.7 Å². The number of benzene rings is 3. The van der Waals surface area contributed by atoms with Crippen LogP contribution in [0.2, 0.25) is 0 Å². The molecule has 5 rings (SSSR count). The van der Waals surface area contributed by atoms with Crippen molar-refractivity contribution in [3.05, 3.63) is 125 Å². The average Bonchev–Trinajstić information content (AvgIpc) is 3.46. The Kier molecular flexibility index (Phi) is 8.07. The number of sulfonamides is 1. The predicted molar refractivity (Wildman–Crippen MR) is 152 cm³/mol. The van der Waals surface area contributed by atoms with Crippen molar-refractivity contribution in [3.63, 3.8) is 0 Å². The third-order valence-electron chi connectivity index (χ3n) is 6.26. The van der Waals surface area contributed by atoms with Gasteiger partial charge in [-0.3, -0.25) is 14.4 Å². The molecule has 0 fully saturated rings. The third kappa shape index (κ3) is 5.97. The molecule has 0 spiro atoms. The topological polar surface area (TPSA) is 101 Å². The number of anilines is 2. The molecular weight excluding hydrogens is 512 g/mol. The molecule has 7 nitrogen and oxygen atoms in total. The summed E-state index contributed by atoms with van der Waals surface area (Å²) in [5.41, 5.74) is 3.65. The van der Waals surface area contributed by atoms with Crippen LogP contribution in [0, 0.1) is 6.92 Å². The molecule has 1 atom stereocenters. The zero-order valence-corrected chi connectivity index (χ0v) is 22.6. The molecule has 0 saturated carbocycles. The molecule has 8 heteroatoms. The first-order valence-electron chi connectivity index (χ1n) is 12.3. The number of ketones is 1. The summed E-state index contributed by atoms with van der Waals surface area (Å²) >= 11 is 0. The first-order valence-corrected chi connectivity index (χ1v) is 13.8. The van der Waals surface area contributed by atoms with Crippen LogP contribution in [-0.4, -0.2) is 26.0 Å². The molecule has 0 saturated heterocycles. The number of rotatable bonds is 6. The maximum atomic E-state index is 13.8. The summed E-state index contributed by atoms with van der Waals surface area (Å²) < 4.78 is 28.3. The summed E-state index contributed by atoms with van der Waals surface area (Å²) in [4.78, 5) is 35.8. The van der Waals surface area contributed by atoms with E-state index in [9.17, 15) is 22.8 Å². The summed E-state index contributed by atoms with van der Waals surface area (Å²) in [5.74, 6) is -1.52. The number of aryl methyl sites for hydroxylation is 1. The van der Waals surface area contributed by atoms with Crippen molar-refractivity contribution in [1.82, 2.24) is 0 Å². The highest BCUT2D eigenvalue weighted by molar-refractivity contribution is 7.93. The van der Waals surface area contributed by atoms with Crippen LogP contribution in [-0.2, 0) is 24.4 Å². The maximum absolute atomic E-state index is 13.8. The monoisotopic (exact) mass is 540 g/mol. The van der Waals surface area contributed by atoms with Crippen LogP contribution >= 0.6 is 0 Å². The maximum Gasteiger partial charge on any atom is 0.272 e. The molecule has 1 unspecified atom stereocenters. The Hall–Kier alpha value is -4.56. The normalized spacial score (nSPS) is 14.1. The van der Waals surface area contributed by atoms with E-state index >= 15 is 0 Å². The number of hydrogen-bond donors (Lipinski definition) is 1. The van der Waals surface area contributed by atoms with Gasteiger partial charge in [-0.25, -0.2) is 12.7 Å². The fourth-order valence-corrected chi connectivity index (χ4v) is 5.79. The summed E-state index contributed by atoms with van der Waals surface area (Å²) in [7, 11) is -4.33. The van der Waals surface area contributed by atoms with Crippen LogP contribution in [0.15, 0.2) is 119 Å². The van der Waals surface area contributed by atoms with Gasteiger partial charge >= 0.3 is 0 Å². The Morgan fingerprint density at radius 3 is 1.90 bits per heavy atom. The molecule has 2 aliphatic carbocycles. The van der Waals surface area contributed by atoms with Crippen molar-refractivity contribution in [2.75, 3.05) is 9.62 Å². The van der Waals surface area contributed by atoms with Crippen LogP contribution in [0.1, 0.15) is 30.9 Å². The molecule has 3 aromatic carbocycles. The molecule has 39 heavy (non-hydrogen) atoms. The number of hydrogen-bond acceptors (Lipinski definition) is 5. The predicted octanol–water partition coefficient (Wildman–Crippen LogP) is 5.47. The van der Waals surface area contributed by atoms with Gasteiger partial charge in [0.15, 0.2) is 5.78 Å². The van der Waals surface area contributed by atoms with Crippen LogP contribution in [0.4, 0.5) is 11.4 Å². The second-order valence-corrected chi connectivity index (χ2v) is 10.9. The van der Waals surface area contributed by atoms with Gasteiger partial charge in [-0.1, -0.05) is 84.5 Å². The quantitative estimate of drug-likeness (QED) is 0.447. The smallest absolute Gasteiger partial charge is 0.272 e. The number of carbonyl (C=O) groups is 3. The van der Waals surface area contributed by atoms with Gasteiger partial charge in [0.1, 0.15) is 4.90 Å². The lowest BCUT2D eigenvalue weighted by atomic mass is 10.0. The van der Waals surface area contributed by atoms with E-state index < -0.39 is 27.8 Å². The Morgan fingerprint density at radius 2 is 1.38 bits per heavy atom. The number of fused-ring (bicyclic) bond motifs is 2. The fraction of sp³-hybridized carbons (Fsp3) is 0.129. The minimum absolute atomic E-state index is 0.118. The molecule has 1 N–H and O–H groups in total. The summed E-state index contributed by atoms with van der Waals surface area (Å²) in [6, 6.07) is 21.7. The van der Waals surface area contributed by atoms with Gasteiger partial charge in [0.2, 0.25) is 11.8 Å². The third-order valence-corrected chi connectivity index (χ3v) is 8.05. The summed E-state index contributed by atoms with van der Waals surface area (Å²) in [5, 5.41) is 2.54. The van der Waals surface area contributed by atoms with Crippen molar-refractivity contribution < 1.29 is 22.8 Å². The number of nitrogens with zero attached hydrogens (tertiary/aromatic N) is 1. The molecule has 0 aromatic heterocycles. The van der Waals surface area contributed by atoms with Crippen molar-refractivity contribution in [2.45, 2.75) is 31.6 Å². The molecule has 0 radical (unpaired) electrons. The number of allylic oxidation sites excluding steroid dienone is 6. The fourth-order valence-electron chi connectivity index (χ4n) is 4.15. The highest BCUT2D eigenvalue weighted by Gasteiger charge is 2.35. The van der Waals surface area contributed by atoms with E-state index in [0.717, 1.165) is 21.0 Å². The number of Topliss-reactive ketones (excluding diaryl/α,β-unsaturated/α-hetero) is 1. The lowest BCUT2D eigenvalue weighted by molar-refractivity contribution is -0.118. The summed E-state index contributed by atoms with van der Waals surface area (Å²) in [6.45, 7) is 4.85. The zero-order valence-electron chi connectivity index (χ0n) is 21.8. The van der Waals surface area contributed by atoms with Crippen molar-refractivity contribution in [3.8, 4) is 0 Å². The van der Waals surface area contributed by atoms with Crippen LogP contribution in [0.25, 0.3) is 0 Å². The lowest BCUT2D eigenvalue weighted by Crippen LogP contribution is -2.40. The van der Waals surface area contributed by atoms with Gasteiger partial charge in [-0.15, -0.1) is 0 Å². The largest absolute Gasteiger partial charge is 0.325 e. The number of carbonyl (C=O) groups excluding carboxylic acids is 3. The second kappa shape index (κ2) is 11.4. The first kappa shape index (κ1) is 27.5. The Bertz CT molecular complexity index is 1590. The molecule has 3 aromatic rings. The van der Waals surface area contributed by atoms with Gasteiger partial charge in [0.05, 0.1) is 17.3 Å². The van der Waals surface area contributed by atoms with Gasteiger partial charge in [-0.2, -0.15) is 0 Å². The van der Waals surface area contributed by atoms with E-state index in [4.69, 9.17) is 0 Å². The first-order chi connectivity index (χ1) is 18.6. The SMILES string of the molecule is CC(=O)Nc1ccccc1S(=O)(=O)N(C(=O)C(C)c1ccccc1)c1ccc(C)cc1.O=C1C2=CC=C1C=C2. The minimum Gasteiger partial charge on any atom is -0.325 e. The Morgan fingerprint density at radius 1 is 0.821 bits per heavy atom. The van der Waals surface area contributed by atoms with Crippen LogP contribution < -0.4 is 9.62 Å². The van der Waals surface area contributed by atoms with Gasteiger partial charge < -0.3 is 5.32 Å². The number of nitrogens with one attached hydrogen (secondary N) is 1. The Balaban J connectivity index is 0.000000371. The molecule has 0 aliphatic heterocycles. The van der Waals surface area contributed by atoms with Gasteiger partial charge in [0.25, 0.3) is 10.0 Å². The van der Waals surface area contributed by atoms with E-state index in [1.807, 2.05) is 37.3 Å². The molecule has 0 heterocycles. The highest BCUT2D eigenvalue weighted by atomic mass is 32.2. The van der Waals surface area contributed by atoms with E-state index in [-0.39, 0.29) is 22.1 Å². The molecule has 198 valence electrons. The Labute approximate surface area is 228 Å². The number of amides is 2. The van der Waals surface area contributed by atoms with E-state index in [2.05, 4.69) is 5.32 Å². The standard InChI is InChI=1S/C24H24N2O4S.C7H4O/c1-17-13-15-21(16-14-17)26(24(28)18(2)20-9-5-4-6-10-20)31(29,30)23-12-8-7-11-22(23)25-19(3)27;8-7-5-1-2-6(7)4-3-5/h4-16,18H,1-3H3,(H,25,27);1-4H. The van der Waals surface area contributed by atoms with Crippen molar-refractivity contribution in [1.29, 1.82) is 0 Å². The molecule has 2 amide bonds. The number of para-hydroxylation sites is 1. The lowest BCUT2D eigenvalue weighted by Gasteiger charge is -2.26. The average molecular weight is 541 g/mol. The van der Waals surface area contributed by atoms with Gasteiger partial charge in [0, 0.05) is 18.1 Å². The van der Waals surface area contributed by atoms with Crippen LogP contribution in [0.3, 0.4) is 0 Å². The highest BCUT2D eigenvalue weighted by Crippen LogP contribution is 2.32. The molecule has 2 aliphatic rings. The zero-order chi connectivity index (χ0) is 28.2. The second-order valence-electron chi connectivity index (χ2n) is 9.16. The van der Waals surface area contributed by atoms with Crippen molar-refractivity contribution in [2.24, 2.45) is 0 Å². The van der Waals surface area contributed by atoms with E-state index in [0.29, 0.717) is 5.56 Å². The molecule has 2 bridgehead atoms. The van der Waals surface area contributed by atoms with Crippen molar-refractivity contribution >= 4 is 39.0 Å². The van der Waals surface area contributed by atoms with E-state index in [1.165, 1.54) is 19.1 Å². The minimum atomic E-state index is -4.33. The summed E-state index contributed by atoms with van der Waals surface area (Å²) in [6.07, 6.45) is 7.38. The van der Waals surface area contributed by atoms with Crippen LogP contribution in [0.5, 0.6) is 0 Å². The molecular formula is C31H28N2O5S.